The van der Waals surface area contributed by atoms with Crippen LogP contribution in [0.3, 0.4) is 0 Å². The zero-order valence-electron chi connectivity index (χ0n) is 9.44. The Morgan fingerprint density at radius 3 is 2.88 bits per heavy atom. The van der Waals surface area contributed by atoms with Gasteiger partial charge in [-0.2, -0.15) is 0 Å². The molecule has 0 aromatic carbocycles. The van der Waals surface area contributed by atoms with Crippen molar-refractivity contribution in [2.45, 2.75) is 12.5 Å². The Balaban J connectivity index is 0.00000256. The number of thiophene rings is 1. The number of nitrogens with one attached hydrogen (secondary N) is 1. The van der Waals surface area contributed by atoms with E-state index in [1.807, 2.05) is 12.1 Å². The van der Waals surface area contributed by atoms with Crippen LogP contribution in [-0.4, -0.2) is 32.2 Å². The van der Waals surface area contributed by atoms with E-state index < -0.39 is 6.04 Å². The third kappa shape index (κ3) is 6.38. The Labute approximate surface area is 119 Å². The number of ether oxygens (including phenoxy) is 1. The molecule has 0 radical (unpaired) electrons. The number of rotatable bonds is 6. The largest absolute Gasteiger partial charge is 0.383 e. The van der Waals surface area contributed by atoms with Crippen LogP contribution in [0, 0.1) is 0 Å². The summed E-state index contributed by atoms with van der Waals surface area (Å²) in [7, 11) is 1.52. The van der Waals surface area contributed by atoms with Crippen molar-refractivity contribution in [1.29, 1.82) is 0 Å². The molecule has 0 aliphatic heterocycles. The summed E-state index contributed by atoms with van der Waals surface area (Å²) in [5.41, 5.74) is 5.57. The van der Waals surface area contributed by atoms with Crippen molar-refractivity contribution >= 4 is 45.6 Å². The highest BCUT2D eigenvalue weighted by Crippen LogP contribution is 2.21. The number of methoxy groups -OCH3 is 1. The molecule has 7 heteroatoms. The summed E-state index contributed by atoms with van der Waals surface area (Å²) >= 11 is 5.06. The molecule has 1 aromatic heterocycles. The Hall–Kier alpha value is -0.140. The van der Waals surface area contributed by atoms with Gasteiger partial charge in [0.15, 0.2) is 0 Å². The highest BCUT2D eigenvalue weighted by atomic mass is 79.9. The van der Waals surface area contributed by atoms with Gasteiger partial charge in [0.2, 0.25) is 5.91 Å². The van der Waals surface area contributed by atoms with Gasteiger partial charge in [-0.15, -0.1) is 23.7 Å². The third-order valence-electron chi connectivity index (χ3n) is 1.98. The first-order valence-corrected chi connectivity index (χ1v) is 6.51. The summed E-state index contributed by atoms with van der Waals surface area (Å²) in [5.74, 6) is -0.169. The first kappa shape index (κ1) is 16.9. The Kier molecular flexibility index (Phi) is 8.81. The summed E-state index contributed by atoms with van der Waals surface area (Å²) in [6, 6.07) is 3.45. The minimum Gasteiger partial charge on any atom is -0.383 e. The molecule has 1 heterocycles. The minimum absolute atomic E-state index is 0. The van der Waals surface area contributed by atoms with Gasteiger partial charge >= 0.3 is 0 Å². The van der Waals surface area contributed by atoms with E-state index in [0.717, 1.165) is 10.2 Å². The van der Waals surface area contributed by atoms with Crippen LogP contribution < -0.4 is 11.1 Å². The molecule has 98 valence electrons. The molecule has 0 aliphatic carbocycles. The van der Waals surface area contributed by atoms with Gasteiger partial charge in [-0.05, 0) is 34.5 Å². The van der Waals surface area contributed by atoms with Crippen LogP contribution in [0.15, 0.2) is 15.9 Å². The third-order valence-corrected chi connectivity index (χ3v) is 3.67. The lowest BCUT2D eigenvalue weighted by atomic mass is 10.3. The molecule has 0 bridgehead atoms. The first-order chi connectivity index (χ1) is 7.63. The first-order valence-electron chi connectivity index (χ1n) is 4.90. The molecule has 1 unspecified atom stereocenters. The number of hydrogen-bond acceptors (Lipinski definition) is 4. The fourth-order valence-electron chi connectivity index (χ4n) is 1.18. The summed E-state index contributed by atoms with van der Waals surface area (Å²) < 4.78 is 5.90. The maximum absolute atomic E-state index is 11.4. The Morgan fingerprint density at radius 1 is 1.65 bits per heavy atom. The van der Waals surface area contributed by atoms with E-state index in [9.17, 15) is 4.79 Å². The van der Waals surface area contributed by atoms with Crippen molar-refractivity contribution in [3.05, 3.63) is 20.8 Å². The SMILES string of the molecule is COCC(N)C(=O)NCCc1ccc(Br)s1.Cl. The summed E-state index contributed by atoms with van der Waals surface area (Å²) in [4.78, 5) is 12.6. The highest BCUT2D eigenvalue weighted by Gasteiger charge is 2.11. The molecule has 3 N–H and O–H groups in total. The molecule has 0 saturated carbocycles. The monoisotopic (exact) mass is 342 g/mol. The van der Waals surface area contributed by atoms with Gasteiger partial charge in [0.05, 0.1) is 10.4 Å². The lowest BCUT2D eigenvalue weighted by molar-refractivity contribution is -0.123. The van der Waals surface area contributed by atoms with Crippen LogP contribution in [0.4, 0.5) is 0 Å². The molecular weight excluding hydrogens is 328 g/mol. The number of amides is 1. The lowest BCUT2D eigenvalue weighted by Crippen LogP contribution is -2.44. The van der Waals surface area contributed by atoms with Gasteiger partial charge in [-0.25, -0.2) is 0 Å². The van der Waals surface area contributed by atoms with Crippen molar-refractivity contribution < 1.29 is 9.53 Å². The van der Waals surface area contributed by atoms with Gasteiger partial charge < -0.3 is 15.8 Å². The molecule has 1 amide bonds. The molecule has 17 heavy (non-hydrogen) atoms. The van der Waals surface area contributed by atoms with Crippen LogP contribution >= 0.6 is 39.7 Å². The second-order valence-corrected chi connectivity index (χ2v) is 5.86. The second kappa shape index (κ2) is 8.88. The van der Waals surface area contributed by atoms with Gasteiger partial charge in [-0.1, -0.05) is 0 Å². The zero-order chi connectivity index (χ0) is 12.0. The molecule has 0 fully saturated rings. The average molecular weight is 344 g/mol. The average Bonchev–Trinajstić information content (AvgIpc) is 2.64. The molecule has 1 atom stereocenters. The van der Waals surface area contributed by atoms with Gasteiger partial charge in [0, 0.05) is 18.5 Å². The van der Waals surface area contributed by atoms with E-state index in [2.05, 4.69) is 21.2 Å². The zero-order valence-corrected chi connectivity index (χ0v) is 12.7. The van der Waals surface area contributed by atoms with E-state index in [1.165, 1.54) is 12.0 Å². The van der Waals surface area contributed by atoms with E-state index in [0.29, 0.717) is 6.54 Å². The van der Waals surface area contributed by atoms with Crippen LogP contribution in [-0.2, 0) is 16.0 Å². The standard InChI is InChI=1S/C10H15BrN2O2S.ClH/c1-15-6-8(12)10(14)13-5-4-7-2-3-9(11)16-7;/h2-3,8H,4-6,12H2,1H3,(H,13,14);1H. The second-order valence-electron chi connectivity index (χ2n) is 3.31. The minimum atomic E-state index is -0.583. The molecule has 1 rings (SSSR count). The van der Waals surface area contributed by atoms with Crippen molar-refractivity contribution in [2.75, 3.05) is 20.3 Å². The fraction of sp³-hybridized carbons (Fsp3) is 0.500. The number of carbonyl (C=O) groups is 1. The summed E-state index contributed by atoms with van der Waals surface area (Å²) in [6.45, 7) is 0.847. The number of halogens is 2. The van der Waals surface area contributed by atoms with E-state index in [1.54, 1.807) is 11.3 Å². The van der Waals surface area contributed by atoms with E-state index >= 15 is 0 Å². The predicted octanol–water partition coefficient (Wildman–Crippen LogP) is 1.56. The number of carbonyl (C=O) groups excluding carboxylic acids is 1. The summed E-state index contributed by atoms with van der Waals surface area (Å²) in [5, 5.41) is 2.77. The normalized spacial score (nSPS) is 11.7. The van der Waals surface area contributed by atoms with Gasteiger partial charge in [0.1, 0.15) is 6.04 Å². The molecule has 0 spiro atoms. The molecule has 1 aromatic rings. The topological polar surface area (TPSA) is 64.3 Å². The predicted molar refractivity (Wildman–Crippen MR) is 75.8 cm³/mol. The van der Waals surface area contributed by atoms with Crippen LogP contribution in [0.2, 0.25) is 0 Å². The number of hydrogen-bond donors (Lipinski definition) is 2. The van der Waals surface area contributed by atoms with Crippen LogP contribution in [0.25, 0.3) is 0 Å². The van der Waals surface area contributed by atoms with Crippen LogP contribution in [0.1, 0.15) is 4.88 Å². The van der Waals surface area contributed by atoms with Crippen molar-refractivity contribution in [3.8, 4) is 0 Å². The summed E-state index contributed by atoms with van der Waals surface area (Å²) in [6.07, 6.45) is 0.821. The van der Waals surface area contributed by atoms with Crippen molar-refractivity contribution in [1.82, 2.24) is 5.32 Å². The Bertz CT molecular complexity index is 349. The smallest absolute Gasteiger partial charge is 0.239 e. The van der Waals surface area contributed by atoms with Crippen LogP contribution in [0.5, 0.6) is 0 Å². The van der Waals surface area contributed by atoms with E-state index in [4.69, 9.17) is 10.5 Å². The lowest BCUT2D eigenvalue weighted by Gasteiger charge is -2.10. The quantitative estimate of drug-likeness (QED) is 0.824. The van der Waals surface area contributed by atoms with Gasteiger partial charge in [0.25, 0.3) is 0 Å². The van der Waals surface area contributed by atoms with Crippen molar-refractivity contribution in [3.63, 3.8) is 0 Å². The Morgan fingerprint density at radius 2 is 2.35 bits per heavy atom. The van der Waals surface area contributed by atoms with E-state index in [-0.39, 0.29) is 24.9 Å². The maximum Gasteiger partial charge on any atom is 0.239 e. The molecular formula is C10H16BrClN2O2S. The highest BCUT2D eigenvalue weighted by molar-refractivity contribution is 9.11. The fourth-order valence-corrected chi connectivity index (χ4v) is 2.66. The van der Waals surface area contributed by atoms with Gasteiger partial charge in [-0.3, -0.25) is 4.79 Å². The maximum atomic E-state index is 11.4. The van der Waals surface area contributed by atoms with Crippen molar-refractivity contribution in [2.24, 2.45) is 5.73 Å². The molecule has 0 aliphatic rings. The molecule has 0 saturated heterocycles. The number of nitrogens with two attached hydrogens (primary N) is 1. The molecule has 4 nitrogen and oxygen atoms in total.